The predicted molar refractivity (Wildman–Crippen MR) is 142 cm³/mol. The van der Waals surface area contributed by atoms with Crippen LogP contribution < -0.4 is 20.7 Å². The highest BCUT2D eigenvalue weighted by Gasteiger charge is 2.46. The maximum atomic E-state index is 14.4. The number of rotatable bonds is 6. The van der Waals surface area contributed by atoms with Crippen molar-refractivity contribution in [2.45, 2.75) is 37.6 Å². The summed E-state index contributed by atoms with van der Waals surface area (Å²) < 4.78 is 48.8. The number of alkyl halides is 3. The van der Waals surface area contributed by atoms with Gasteiger partial charge in [0.1, 0.15) is 17.6 Å². The molecule has 3 heterocycles. The van der Waals surface area contributed by atoms with Crippen LogP contribution in [0.3, 0.4) is 0 Å². The van der Waals surface area contributed by atoms with Crippen LogP contribution in [-0.4, -0.2) is 58.0 Å². The number of nitrogens with zero attached hydrogens (tertiary/aromatic N) is 3. The lowest BCUT2D eigenvalue weighted by Crippen LogP contribution is -2.41. The third kappa shape index (κ3) is 5.87. The first kappa shape index (κ1) is 27.8. The summed E-state index contributed by atoms with van der Waals surface area (Å²) in [6.45, 7) is 1.63. The molecule has 2 aliphatic rings. The molecule has 0 saturated carbocycles. The molecule has 2 aliphatic heterocycles. The van der Waals surface area contributed by atoms with Crippen LogP contribution in [0, 0.1) is 5.41 Å². The Morgan fingerprint density at radius 1 is 1.18 bits per heavy atom. The molecule has 1 spiro atoms. The minimum absolute atomic E-state index is 0.115. The molecule has 9 nitrogen and oxygen atoms in total. The lowest BCUT2D eigenvalue weighted by Gasteiger charge is -2.39. The Labute approximate surface area is 232 Å². The van der Waals surface area contributed by atoms with Crippen LogP contribution in [0.25, 0.3) is 11.1 Å². The summed E-state index contributed by atoms with van der Waals surface area (Å²) in [6, 6.07) is 10.5. The zero-order valence-corrected chi connectivity index (χ0v) is 21.9. The average molecular weight is 578 g/mol. The Kier molecular flexibility index (Phi) is 7.40. The minimum Gasteiger partial charge on any atom is -0.508 e. The number of aromatic nitrogens is 2. The van der Waals surface area contributed by atoms with Gasteiger partial charge in [-0.2, -0.15) is 23.1 Å². The van der Waals surface area contributed by atoms with Gasteiger partial charge in [-0.05, 0) is 60.1 Å². The number of phenols is 1. The van der Waals surface area contributed by atoms with Crippen molar-refractivity contribution in [3.63, 3.8) is 0 Å². The maximum absolute atomic E-state index is 14.4. The summed E-state index contributed by atoms with van der Waals surface area (Å²) in [7, 11) is 0. The van der Waals surface area contributed by atoms with Gasteiger partial charge < -0.3 is 30.9 Å². The van der Waals surface area contributed by atoms with E-state index >= 15 is 0 Å². The molecule has 13 heteroatoms. The number of aliphatic carboxylic acids is 1. The zero-order chi connectivity index (χ0) is 28.7. The molecular formula is C27H27ClF3N5O4. The molecular weight excluding hydrogens is 551 g/mol. The van der Waals surface area contributed by atoms with Crippen LogP contribution in [0.4, 0.5) is 24.9 Å². The van der Waals surface area contributed by atoms with Gasteiger partial charge in [-0.1, -0.05) is 29.8 Å². The number of aromatic hydroxyl groups is 1. The van der Waals surface area contributed by atoms with Gasteiger partial charge >= 0.3 is 12.1 Å². The van der Waals surface area contributed by atoms with Crippen LogP contribution in [0.5, 0.6) is 11.6 Å². The fraction of sp³-hybridized carbons (Fsp3) is 0.370. The van der Waals surface area contributed by atoms with Crippen LogP contribution in [0.2, 0.25) is 5.02 Å². The van der Waals surface area contributed by atoms with Crippen LogP contribution in [0.15, 0.2) is 48.5 Å². The first-order valence-electron chi connectivity index (χ1n) is 12.6. The number of ether oxygens (including phenoxy) is 1. The van der Waals surface area contributed by atoms with E-state index in [0.717, 1.165) is 0 Å². The van der Waals surface area contributed by atoms with Crippen molar-refractivity contribution in [1.82, 2.24) is 15.3 Å². The Morgan fingerprint density at radius 3 is 2.58 bits per heavy atom. The topological polar surface area (TPSA) is 134 Å². The highest BCUT2D eigenvalue weighted by molar-refractivity contribution is 6.30. The van der Waals surface area contributed by atoms with Crippen LogP contribution in [-0.2, 0) is 4.79 Å². The van der Waals surface area contributed by atoms with E-state index in [1.54, 1.807) is 6.07 Å². The van der Waals surface area contributed by atoms with Gasteiger partial charge in [-0.25, -0.2) is 0 Å². The fourth-order valence-electron chi connectivity index (χ4n) is 5.44. The van der Waals surface area contributed by atoms with Gasteiger partial charge in [0.15, 0.2) is 0 Å². The second-order valence-corrected chi connectivity index (χ2v) is 10.6. The molecule has 0 radical (unpaired) electrons. The molecule has 40 heavy (non-hydrogen) atoms. The van der Waals surface area contributed by atoms with Gasteiger partial charge in [-0.3, -0.25) is 4.79 Å². The van der Waals surface area contributed by atoms with Gasteiger partial charge in [0, 0.05) is 36.3 Å². The van der Waals surface area contributed by atoms with E-state index in [1.165, 1.54) is 42.5 Å². The lowest BCUT2D eigenvalue weighted by molar-refractivity contribution is -0.198. The molecule has 0 amide bonds. The van der Waals surface area contributed by atoms with E-state index in [2.05, 4.69) is 15.3 Å². The van der Waals surface area contributed by atoms with E-state index in [9.17, 15) is 28.2 Å². The quantitative estimate of drug-likeness (QED) is 0.326. The largest absolute Gasteiger partial charge is 0.508 e. The number of anilines is 2. The summed E-state index contributed by atoms with van der Waals surface area (Å²) in [5.74, 6) is -1.27. The summed E-state index contributed by atoms with van der Waals surface area (Å²) in [5.41, 5.74) is 5.97. The molecule has 1 unspecified atom stereocenters. The van der Waals surface area contributed by atoms with E-state index in [-0.39, 0.29) is 39.1 Å². The summed E-state index contributed by atoms with van der Waals surface area (Å²) >= 11 is 6.12. The normalized spacial score (nSPS) is 19.5. The Bertz CT molecular complexity index is 1420. The number of halogens is 4. The number of phenolic OH excluding ortho intramolecular Hbond substituents is 1. The SMILES string of the molecule is Nc1nc(O[C@H](c2ccc(Cl)cc2-c2cccc(O)c2)C(F)(F)F)cc(N2CCC3(CC2)CNC(C(=O)O)C3)n1. The maximum Gasteiger partial charge on any atom is 0.429 e. The summed E-state index contributed by atoms with van der Waals surface area (Å²) in [4.78, 5) is 21.4. The molecule has 0 aliphatic carbocycles. The number of carboxylic acids is 1. The summed E-state index contributed by atoms with van der Waals surface area (Å²) in [6.07, 6.45) is -5.37. The van der Waals surface area contributed by atoms with Gasteiger partial charge in [0.25, 0.3) is 0 Å². The van der Waals surface area contributed by atoms with Crippen molar-refractivity contribution in [2.24, 2.45) is 5.41 Å². The van der Waals surface area contributed by atoms with Gasteiger partial charge in [0.2, 0.25) is 17.9 Å². The first-order chi connectivity index (χ1) is 18.9. The monoisotopic (exact) mass is 577 g/mol. The van der Waals surface area contributed by atoms with E-state index in [0.29, 0.717) is 50.3 Å². The van der Waals surface area contributed by atoms with Crippen molar-refractivity contribution in [2.75, 3.05) is 30.3 Å². The smallest absolute Gasteiger partial charge is 0.429 e. The Hall–Kier alpha value is -3.77. The average Bonchev–Trinajstić information content (AvgIpc) is 3.31. The lowest BCUT2D eigenvalue weighted by atomic mass is 9.76. The predicted octanol–water partition coefficient (Wildman–Crippen LogP) is 4.80. The Balaban J connectivity index is 1.41. The molecule has 1 aromatic heterocycles. The number of nitrogens with one attached hydrogen (secondary N) is 1. The Morgan fingerprint density at radius 2 is 1.93 bits per heavy atom. The minimum atomic E-state index is -4.84. The van der Waals surface area contributed by atoms with Gasteiger partial charge in [-0.15, -0.1) is 0 Å². The third-order valence-electron chi connectivity index (χ3n) is 7.50. The van der Waals surface area contributed by atoms with Crippen LogP contribution >= 0.6 is 11.6 Å². The molecule has 5 rings (SSSR count). The van der Waals surface area contributed by atoms with Crippen molar-refractivity contribution >= 4 is 29.3 Å². The zero-order valence-electron chi connectivity index (χ0n) is 21.2. The fourth-order valence-corrected chi connectivity index (χ4v) is 5.62. The molecule has 2 saturated heterocycles. The number of piperidine rings is 1. The number of carbonyl (C=O) groups is 1. The molecule has 2 aromatic carbocycles. The molecule has 0 bridgehead atoms. The third-order valence-corrected chi connectivity index (χ3v) is 7.74. The van der Waals surface area contributed by atoms with Crippen LogP contribution in [0.1, 0.15) is 30.9 Å². The number of benzene rings is 2. The van der Waals surface area contributed by atoms with Crippen molar-refractivity contribution in [3.8, 4) is 22.8 Å². The first-order valence-corrected chi connectivity index (χ1v) is 13.0. The number of nitrogens with two attached hydrogens (primary N) is 1. The molecule has 2 atom stereocenters. The van der Waals surface area contributed by atoms with Crippen molar-refractivity contribution in [1.29, 1.82) is 0 Å². The molecule has 5 N–H and O–H groups in total. The number of carboxylic acid groups (broad SMARTS) is 1. The number of hydrogen-bond acceptors (Lipinski definition) is 8. The number of hydrogen-bond donors (Lipinski definition) is 4. The van der Waals surface area contributed by atoms with E-state index in [1.807, 2.05) is 4.90 Å². The second kappa shape index (κ2) is 10.7. The molecule has 212 valence electrons. The van der Waals surface area contributed by atoms with Crippen molar-refractivity contribution in [3.05, 3.63) is 59.1 Å². The van der Waals surface area contributed by atoms with E-state index in [4.69, 9.17) is 22.1 Å². The van der Waals surface area contributed by atoms with Gasteiger partial charge in [0.05, 0.1) is 0 Å². The highest BCUT2D eigenvalue weighted by Crippen LogP contribution is 2.43. The summed E-state index contributed by atoms with van der Waals surface area (Å²) in [5, 5.41) is 22.5. The standard InChI is InChI=1S/C27H27ClF3N5O4/c28-16-4-5-18(19(11-16)15-2-1-3-17(37)10-15)23(27(29,30)31)40-22-12-21(34-25(32)35-22)36-8-6-26(7-9-36)13-20(24(38)39)33-14-26/h1-5,10-12,20,23,33,37H,6-9,13-14H2,(H,38,39)(H2,32,34,35)/t20?,23-/m1/s1. The van der Waals surface area contributed by atoms with Crippen molar-refractivity contribution < 1.29 is 32.9 Å². The molecule has 2 fully saturated rings. The number of nitrogen functional groups attached to an aromatic ring is 1. The molecule has 3 aromatic rings. The second-order valence-electron chi connectivity index (χ2n) is 10.2. The highest BCUT2D eigenvalue weighted by atomic mass is 35.5. The van der Waals surface area contributed by atoms with E-state index < -0.39 is 24.3 Å².